The van der Waals surface area contributed by atoms with Crippen LogP contribution in [0.1, 0.15) is 153 Å². The summed E-state index contributed by atoms with van der Waals surface area (Å²) in [6.45, 7) is 7.51. The number of benzene rings is 1. The monoisotopic (exact) mass is 1040 g/mol. The molecule has 2 aliphatic carbocycles. The van der Waals surface area contributed by atoms with Crippen molar-refractivity contribution >= 4 is 75.0 Å². The van der Waals surface area contributed by atoms with Crippen LogP contribution in [0.5, 0.6) is 0 Å². The quantitative estimate of drug-likeness (QED) is 0.0866. The number of Topliss-reactive ketones (excluding diaryl/α,β-unsaturated/α-hetero) is 1. The second-order valence-corrected chi connectivity index (χ2v) is 21.4. The molecule has 0 radical (unpaired) electrons. The molecule has 4 fully saturated rings. The third-order valence-corrected chi connectivity index (χ3v) is 16.7. The van der Waals surface area contributed by atoms with Crippen LogP contribution in [0.2, 0.25) is 0 Å². The number of nitrogens with one attached hydrogen (secondary N) is 2. The van der Waals surface area contributed by atoms with Gasteiger partial charge in [0.25, 0.3) is 5.56 Å². The zero-order valence-corrected chi connectivity index (χ0v) is 44.0. The number of ketones is 2. The number of hydrogen-bond donors (Lipinski definition) is 2. The molecule has 5 aromatic rings. The van der Waals surface area contributed by atoms with Crippen molar-refractivity contribution in [1.29, 1.82) is 0 Å². The van der Waals surface area contributed by atoms with Crippen LogP contribution in [0, 0.1) is 18.7 Å². The van der Waals surface area contributed by atoms with Gasteiger partial charge in [0.1, 0.15) is 40.1 Å². The molecule has 396 valence electrons. The number of carbonyl (C=O) groups excluding carboxylic acids is 6. The zero-order chi connectivity index (χ0) is 52.9. The van der Waals surface area contributed by atoms with Crippen molar-refractivity contribution in [3.8, 4) is 0 Å². The van der Waals surface area contributed by atoms with E-state index in [4.69, 9.17) is 4.98 Å². The maximum Gasteiger partial charge on any atom is 0.263 e. The standard InChI is InChI=1S/C55H66FN11O7S/c1-33-41-31-58-55(62-50(41)67(39-14-8-9-15-39)53(73)47(33)35(3)68)60-44-24-23-40(30-57-44)64-26-28-65(29-27-64)46(70)18-10-17-45(69)63(4)34(2)51(72)61-48(36-12-6-5-7-13-36)54(74)66-25-11-16-43(66)52-59-42(32-75-52)49(71)37-19-21-38(56)22-20-37/h19-24,30-32,34,36,39,43,48H,5-18,25-29H2,1-4H3,(H,61,72)(H,57,58,60,62)/t34?,43-,48?/m0/s1. The van der Waals surface area contributed by atoms with Crippen molar-refractivity contribution in [1.82, 2.24) is 44.5 Å². The van der Waals surface area contributed by atoms with E-state index in [1.54, 1.807) is 48.1 Å². The summed E-state index contributed by atoms with van der Waals surface area (Å²) in [5, 5.41) is 9.22. The van der Waals surface area contributed by atoms with Gasteiger partial charge in [0.05, 0.1) is 23.5 Å². The van der Waals surface area contributed by atoms with Crippen molar-refractivity contribution < 1.29 is 33.2 Å². The first-order chi connectivity index (χ1) is 36.2. The number of rotatable bonds is 17. The van der Waals surface area contributed by atoms with Crippen LogP contribution in [-0.2, 0) is 19.2 Å². The first-order valence-electron chi connectivity index (χ1n) is 26.5. The number of halogens is 1. The van der Waals surface area contributed by atoms with E-state index in [0.29, 0.717) is 78.6 Å². The Morgan fingerprint density at radius 2 is 1.56 bits per heavy atom. The van der Waals surface area contributed by atoms with E-state index in [-0.39, 0.29) is 82.9 Å². The van der Waals surface area contributed by atoms with Crippen LogP contribution in [0.3, 0.4) is 0 Å². The topological polar surface area (TPSA) is 213 Å². The number of hydrogen-bond acceptors (Lipinski definition) is 14. The van der Waals surface area contributed by atoms with Crippen LogP contribution in [0.4, 0.5) is 21.8 Å². The lowest BCUT2D eigenvalue weighted by atomic mass is 9.83. The highest BCUT2D eigenvalue weighted by molar-refractivity contribution is 7.10. The number of anilines is 3. The number of amides is 4. The van der Waals surface area contributed by atoms with Gasteiger partial charge in [0, 0.05) is 81.2 Å². The van der Waals surface area contributed by atoms with E-state index < -0.39 is 23.8 Å². The van der Waals surface area contributed by atoms with Gasteiger partial charge in [-0.3, -0.25) is 38.1 Å². The molecule has 2 saturated carbocycles. The van der Waals surface area contributed by atoms with Crippen LogP contribution in [0.25, 0.3) is 11.0 Å². The number of fused-ring (bicyclic) bond motifs is 1. The number of carbonyl (C=O) groups is 6. The number of pyridine rings is 2. The largest absolute Gasteiger partial charge is 0.367 e. The fourth-order valence-corrected chi connectivity index (χ4v) is 12.2. The molecule has 1 aromatic carbocycles. The first kappa shape index (κ1) is 52.9. The fourth-order valence-electron chi connectivity index (χ4n) is 11.3. The molecule has 2 saturated heterocycles. The van der Waals surface area contributed by atoms with E-state index in [2.05, 4.69) is 30.5 Å². The molecule has 4 aliphatic rings. The van der Waals surface area contributed by atoms with Crippen LogP contribution >= 0.6 is 11.3 Å². The smallest absolute Gasteiger partial charge is 0.263 e. The van der Waals surface area contributed by atoms with Gasteiger partial charge in [-0.05, 0) is 114 Å². The second-order valence-electron chi connectivity index (χ2n) is 20.5. The van der Waals surface area contributed by atoms with E-state index in [1.165, 1.54) is 47.4 Å². The number of likely N-dealkylation sites (N-methyl/N-ethyl adjacent to an activating group) is 1. The summed E-state index contributed by atoms with van der Waals surface area (Å²) in [7, 11) is 1.58. The molecular formula is C55H66FN11O7S. The highest BCUT2D eigenvalue weighted by atomic mass is 32.1. The Hall–Kier alpha value is -6.96. The fraction of sp³-hybridized carbons (Fsp3) is 0.509. The van der Waals surface area contributed by atoms with Crippen LogP contribution in [0.15, 0.2) is 59.0 Å². The minimum atomic E-state index is -0.867. The van der Waals surface area contributed by atoms with Gasteiger partial charge < -0.3 is 30.2 Å². The Morgan fingerprint density at radius 1 is 0.840 bits per heavy atom. The van der Waals surface area contributed by atoms with Crippen molar-refractivity contribution in [2.24, 2.45) is 5.92 Å². The lowest BCUT2D eigenvalue weighted by molar-refractivity contribution is -0.142. The molecular weight excluding hydrogens is 978 g/mol. The summed E-state index contributed by atoms with van der Waals surface area (Å²) in [5.74, 6) is -1.22. The van der Waals surface area contributed by atoms with E-state index in [0.717, 1.165) is 69.9 Å². The van der Waals surface area contributed by atoms with Gasteiger partial charge in [-0.1, -0.05) is 32.1 Å². The van der Waals surface area contributed by atoms with Crippen molar-refractivity contribution in [3.63, 3.8) is 0 Å². The first-order valence-corrected chi connectivity index (χ1v) is 27.4. The van der Waals surface area contributed by atoms with Gasteiger partial charge >= 0.3 is 0 Å². The SMILES string of the molecule is CC(=O)c1c(C)c2cnc(Nc3ccc(N4CCN(C(=O)CCCC(=O)N(C)C(C)C(=O)NC(C(=O)N5CCC[C@H]5c5nc(C(=O)c6ccc(F)cc6)cs5)C5CCCCC5)CC4)cn3)nc2n(C2CCCC2)c1=O. The van der Waals surface area contributed by atoms with Crippen molar-refractivity contribution in [2.75, 3.05) is 50.0 Å². The molecule has 3 atom stereocenters. The van der Waals surface area contributed by atoms with Gasteiger partial charge in [-0.2, -0.15) is 4.98 Å². The molecule has 2 aliphatic heterocycles. The molecule has 75 heavy (non-hydrogen) atoms. The average Bonchev–Trinajstić information content (AvgIpc) is 4.25. The summed E-state index contributed by atoms with van der Waals surface area (Å²) in [6, 6.07) is 7.05. The van der Waals surface area contributed by atoms with Crippen LogP contribution in [-0.4, -0.2) is 126 Å². The predicted molar refractivity (Wildman–Crippen MR) is 283 cm³/mol. The third kappa shape index (κ3) is 11.6. The maximum atomic E-state index is 14.5. The van der Waals surface area contributed by atoms with Crippen LogP contribution < -0.4 is 21.1 Å². The summed E-state index contributed by atoms with van der Waals surface area (Å²) in [5.41, 5.74) is 2.40. The molecule has 4 amide bonds. The number of aromatic nitrogens is 5. The number of piperazine rings is 1. The molecule has 4 aromatic heterocycles. The third-order valence-electron chi connectivity index (χ3n) is 15.7. The molecule has 18 nitrogen and oxygen atoms in total. The average molecular weight is 1040 g/mol. The van der Waals surface area contributed by atoms with Gasteiger partial charge in [-0.15, -0.1) is 11.3 Å². The lowest BCUT2D eigenvalue weighted by Gasteiger charge is -2.36. The van der Waals surface area contributed by atoms with Crippen molar-refractivity contribution in [2.45, 2.75) is 135 Å². The summed E-state index contributed by atoms with van der Waals surface area (Å²) in [6.07, 6.45) is 13.7. The Bertz CT molecular complexity index is 3000. The molecule has 20 heteroatoms. The molecule has 0 spiro atoms. The lowest BCUT2D eigenvalue weighted by Crippen LogP contribution is -2.56. The molecule has 2 unspecified atom stereocenters. The van der Waals surface area contributed by atoms with Gasteiger partial charge in [0.15, 0.2) is 5.78 Å². The Balaban J connectivity index is 0.743. The number of likely N-dealkylation sites (tertiary alicyclic amines) is 1. The van der Waals surface area contributed by atoms with E-state index in [1.807, 2.05) is 17.0 Å². The minimum Gasteiger partial charge on any atom is -0.367 e. The molecule has 0 bridgehead atoms. The highest BCUT2D eigenvalue weighted by Gasteiger charge is 2.41. The number of aryl methyl sites for hydroxylation is 1. The number of thiazole rings is 1. The molecule has 6 heterocycles. The summed E-state index contributed by atoms with van der Waals surface area (Å²) >= 11 is 1.31. The Morgan fingerprint density at radius 3 is 2.25 bits per heavy atom. The van der Waals surface area contributed by atoms with Gasteiger partial charge in [0.2, 0.25) is 35.4 Å². The Kier molecular flexibility index (Phi) is 16.4. The van der Waals surface area contributed by atoms with E-state index >= 15 is 0 Å². The Labute approximate surface area is 439 Å². The summed E-state index contributed by atoms with van der Waals surface area (Å²) < 4.78 is 15.2. The predicted octanol–water partition coefficient (Wildman–Crippen LogP) is 7.48. The minimum absolute atomic E-state index is 0.0323. The highest BCUT2D eigenvalue weighted by Crippen LogP contribution is 2.37. The zero-order valence-electron chi connectivity index (χ0n) is 43.2. The molecule has 9 rings (SSSR count). The second kappa shape index (κ2) is 23.3. The van der Waals surface area contributed by atoms with Gasteiger partial charge in [-0.25, -0.2) is 19.3 Å². The number of nitrogens with zero attached hydrogens (tertiary/aromatic N) is 9. The normalized spacial score (nSPS) is 18.3. The maximum absolute atomic E-state index is 14.5. The molecule has 2 N–H and O–H groups in total. The van der Waals surface area contributed by atoms with E-state index in [9.17, 15) is 38.0 Å². The van der Waals surface area contributed by atoms with Crippen molar-refractivity contribution in [3.05, 3.63) is 97.7 Å². The summed E-state index contributed by atoms with van der Waals surface area (Å²) in [4.78, 5) is 120.